The smallest absolute Gasteiger partial charge is 0.288 e. The fraction of sp³-hybridized carbons (Fsp3) is 0.0625. The molecule has 0 atom stereocenters. The van der Waals surface area contributed by atoms with E-state index in [4.69, 9.17) is 11.6 Å². The van der Waals surface area contributed by atoms with Gasteiger partial charge in [-0.2, -0.15) is 0 Å². The van der Waals surface area contributed by atoms with E-state index in [0.717, 1.165) is 5.56 Å². The molecule has 0 radical (unpaired) electrons. The molecule has 2 rings (SSSR count). The van der Waals surface area contributed by atoms with Crippen LogP contribution in [0.2, 0.25) is 5.02 Å². The second kappa shape index (κ2) is 6.87. The van der Waals surface area contributed by atoms with Crippen molar-refractivity contribution < 1.29 is 9.72 Å². The van der Waals surface area contributed by atoms with Crippen LogP contribution in [0.15, 0.2) is 48.5 Å². The SMILES string of the molecule is Cc1ccc(NC(=O)/C=C/c2ccc(Cl)c([N+](=O)[O-])c2)cc1. The molecule has 1 N–H and O–H groups in total. The van der Waals surface area contributed by atoms with Crippen molar-refractivity contribution in [2.24, 2.45) is 0 Å². The number of halogens is 1. The number of carbonyl (C=O) groups excluding carboxylic acids is 1. The Labute approximate surface area is 132 Å². The highest BCUT2D eigenvalue weighted by atomic mass is 35.5. The van der Waals surface area contributed by atoms with Crippen LogP contribution in [0.1, 0.15) is 11.1 Å². The van der Waals surface area contributed by atoms with Crippen LogP contribution in [-0.4, -0.2) is 10.8 Å². The second-order valence-corrected chi connectivity index (χ2v) is 5.06. The van der Waals surface area contributed by atoms with Gasteiger partial charge in [0.15, 0.2) is 0 Å². The zero-order chi connectivity index (χ0) is 16.1. The number of hydrogen-bond donors (Lipinski definition) is 1. The summed E-state index contributed by atoms with van der Waals surface area (Å²) < 4.78 is 0. The first kappa shape index (κ1) is 15.7. The lowest BCUT2D eigenvalue weighted by Gasteiger charge is -2.02. The molecule has 0 saturated heterocycles. The summed E-state index contributed by atoms with van der Waals surface area (Å²) in [4.78, 5) is 22.0. The highest BCUT2D eigenvalue weighted by Crippen LogP contribution is 2.25. The van der Waals surface area contributed by atoms with Crippen molar-refractivity contribution in [3.63, 3.8) is 0 Å². The Balaban J connectivity index is 2.08. The first-order chi connectivity index (χ1) is 10.5. The zero-order valence-electron chi connectivity index (χ0n) is 11.7. The Bertz CT molecular complexity index is 740. The van der Waals surface area contributed by atoms with Crippen LogP contribution >= 0.6 is 11.6 Å². The third kappa shape index (κ3) is 4.17. The predicted molar refractivity (Wildman–Crippen MR) is 86.9 cm³/mol. The molecule has 0 unspecified atom stereocenters. The molecule has 0 fully saturated rings. The van der Waals surface area contributed by atoms with Gasteiger partial charge in [-0.25, -0.2) is 0 Å². The van der Waals surface area contributed by atoms with Gasteiger partial charge in [0.25, 0.3) is 5.69 Å². The minimum atomic E-state index is -0.563. The molecule has 0 aliphatic heterocycles. The number of amides is 1. The molecule has 5 nitrogen and oxygen atoms in total. The Kier molecular flexibility index (Phi) is 4.91. The van der Waals surface area contributed by atoms with E-state index in [-0.39, 0.29) is 16.6 Å². The lowest BCUT2D eigenvalue weighted by Crippen LogP contribution is -2.07. The number of nitrogens with one attached hydrogen (secondary N) is 1. The van der Waals surface area contributed by atoms with E-state index in [2.05, 4.69) is 5.32 Å². The van der Waals surface area contributed by atoms with E-state index in [1.54, 1.807) is 18.2 Å². The lowest BCUT2D eigenvalue weighted by molar-refractivity contribution is -0.384. The molecular formula is C16H13ClN2O3. The first-order valence-electron chi connectivity index (χ1n) is 6.45. The third-order valence-electron chi connectivity index (χ3n) is 2.91. The molecule has 0 spiro atoms. The van der Waals surface area contributed by atoms with Crippen LogP contribution in [-0.2, 0) is 4.79 Å². The Morgan fingerprint density at radius 3 is 2.55 bits per heavy atom. The largest absolute Gasteiger partial charge is 0.323 e. The standard InChI is InChI=1S/C16H13ClN2O3/c1-11-2-6-13(7-3-11)18-16(20)9-5-12-4-8-14(17)15(10-12)19(21)22/h2-10H,1H3,(H,18,20)/b9-5+. The Hall–Kier alpha value is -2.66. The van der Waals surface area contributed by atoms with E-state index in [0.29, 0.717) is 11.3 Å². The van der Waals surface area contributed by atoms with Gasteiger partial charge in [-0.15, -0.1) is 0 Å². The van der Waals surface area contributed by atoms with E-state index < -0.39 is 4.92 Å². The number of anilines is 1. The van der Waals surface area contributed by atoms with Crippen LogP contribution in [0.25, 0.3) is 6.08 Å². The number of nitro benzene ring substituents is 1. The van der Waals surface area contributed by atoms with Crippen molar-refractivity contribution in [1.82, 2.24) is 0 Å². The number of aryl methyl sites for hydroxylation is 1. The maximum atomic E-state index is 11.8. The van der Waals surface area contributed by atoms with Gasteiger partial charge < -0.3 is 5.32 Å². The second-order valence-electron chi connectivity index (χ2n) is 4.66. The number of hydrogen-bond acceptors (Lipinski definition) is 3. The van der Waals surface area contributed by atoms with Gasteiger partial charge in [-0.1, -0.05) is 35.4 Å². The Morgan fingerprint density at radius 2 is 1.91 bits per heavy atom. The van der Waals surface area contributed by atoms with Gasteiger partial charge in [0.2, 0.25) is 5.91 Å². The quantitative estimate of drug-likeness (QED) is 0.521. The number of nitrogens with zero attached hydrogens (tertiary/aromatic N) is 1. The van der Waals surface area contributed by atoms with Crippen molar-refractivity contribution in [3.8, 4) is 0 Å². The summed E-state index contributed by atoms with van der Waals surface area (Å²) in [6.45, 7) is 1.96. The molecule has 0 aliphatic carbocycles. The van der Waals surface area contributed by atoms with Gasteiger partial charge in [-0.05, 0) is 36.8 Å². The van der Waals surface area contributed by atoms with Crippen molar-refractivity contribution in [2.45, 2.75) is 6.92 Å². The van der Waals surface area contributed by atoms with Gasteiger partial charge >= 0.3 is 0 Å². The zero-order valence-corrected chi connectivity index (χ0v) is 12.5. The van der Waals surface area contributed by atoms with Crippen LogP contribution in [0.4, 0.5) is 11.4 Å². The highest BCUT2D eigenvalue weighted by Gasteiger charge is 2.11. The third-order valence-corrected chi connectivity index (χ3v) is 3.23. The van der Waals surface area contributed by atoms with E-state index in [9.17, 15) is 14.9 Å². The van der Waals surface area contributed by atoms with Gasteiger partial charge in [0.05, 0.1) is 4.92 Å². The summed E-state index contributed by atoms with van der Waals surface area (Å²) in [5, 5.41) is 13.6. The van der Waals surface area contributed by atoms with E-state index >= 15 is 0 Å². The van der Waals surface area contributed by atoms with Crippen LogP contribution in [0, 0.1) is 17.0 Å². The average Bonchev–Trinajstić information content (AvgIpc) is 2.48. The maximum absolute atomic E-state index is 11.8. The number of carbonyl (C=O) groups is 1. The molecule has 0 bridgehead atoms. The van der Waals surface area contributed by atoms with E-state index in [1.807, 2.05) is 19.1 Å². The summed E-state index contributed by atoms with van der Waals surface area (Å²) in [5.41, 5.74) is 2.11. The molecule has 0 saturated carbocycles. The fourth-order valence-corrected chi connectivity index (χ4v) is 1.95. The monoisotopic (exact) mass is 316 g/mol. The van der Waals surface area contributed by atoms with Gasteiger partial charge in [0, 0.05) is 17.8 Å². The molecule has 112 valence electrons. The number of benzene rings is 2. The number of nitro groups is 1. The summed E-state index contributed by atoms with van der Waals surface area (Å²) in [6.07, 6.45) is 2.81. The first-order valence-corrected chi connectivity index (χ1v) is 6.83. The lowest BCUT2D eigenvalue weighted by atomic mass is 10.2. The topological polar surface area (TPSA) is 72.2 Å². The van der Waals surface area contributed by atoms with Crippen molar-refractivity contribution in [3.05, 3.63) is 74.8 Å². The van der Waals surface area contributed by atoms with Crippen LogP contribution in [0.5, 0.6) is 0 Å². The number of rotatable bonds is 4. The molecule has 2 aromatic carbocycles. The average molecular weight is 317 g/mol. The Morgan fingerprint density at radius 1 is 1.23 bits per heavy atom. The molecule has 0 heterocycles. The van der Waals surface area contributed by atoms with Crippen LogP contribution < -0.4 is 5.32 Å². The van der Waals surface area contributed by atoms with Crippen molar-refractivity contribution >= 4 is 35.0 Å². The molecule has 2 aromatic rings. The molecule has 22 heavy (non-hydrogen) atoms. The molecular weight excluding hydrogens is 304 g/mol. The van der Waals surface area contributed by atoms with Gasteiger partial charge in [-0.3, -0.25) is 14.9 Å². The van der Waals surface area contributed by atoms with Crippen molar-refractivity contribution in [1.29, 1.82) is 0 Å². The van der Waals surface area contributed by atoms with Gasteiger partial charge in [0.1, 0.15) is 5.02 Å². The minimum absolute atomic E-state index is 0.0613. The summed E-state index contributed by atoms with van der Waals surface area (Å²) in [5.74, 6) is -0.318. The summed E-state index contributed by atoms with van der Waals surface area (Å²) in [7, 11) is 0. The summed E-state index contributed by atoms with van der Waals surface area (Å²) in [6, 6.07) is 11.7. The van der Waals surface area contributed by atoms with Crippen LogP contribution in [0.3, 0.4) is 0 Å². The van der Waals surface area contributed by atoms with Crippen molar-refractivity contribution in [2.75, 3.05) is 5.32 Å². The molecule has 0 aromatic heterocycles. The highest BCUT2D eigenvalue weighted by molar-refractivity contribution is 6.32. The maximum Gasteiger partial charge on any atom is 0.288 e. The predicted octanol–water partition coefficient (Wildman–Crippen LogP) is 4.21. The minimum Gasteiger partial charge on any atom is -0.323 e. The molecule has 0 aliphatic rings. The van der Waals surface area contributed by atoms with E-state index in [1.165, 1.54) is 24.3 Å². The molecule has 1 amide bonds. The normalized spacial score (nSPS) is 10.6. The molecule has 6 heteroatoms. The summed E-state index contributed by atoms with van der Waals surface area (Å²) >= 11 is 5.73. The fourth-order valence-electron chi connectivity index (χ4n) is 1.77.